The Hall–Kier alpha value is 0.920. The van der Waals surface area contributed by atoms with Crippen LogP contribution in [0.1, 0.15) is 13.3 Å². The Morgan fingerprint density at radius 2 is 2.17 bits per heavy atom. The minimum atomic E-state index is 0. The van der Waals surface area contributed by atoms with Gasteiger partial charge in [-0.2, -0.15) is 0 Å². The fourth-order valence-corrected chi connectivity index (χ4v) is 0.144. The Balaban J connectivity index is 0. The summed E-state index contributed by atoms with van der Waals surface area (Å²) >= 11 is 0. The van der Waals surface area contributed by atoms with Crippen molar-refractivity contribution in [1.29, 1.82) is 0 Å². The zero-order valence-electron chi connectivity index (χ0n) is 3.49. The number of nitrogens with two attached hydrogens (primary N) is 1. The van der Waals surface area contributed by atoms with Crippen LogP contribution in [0.2, 0.25) is 0 Å². The number of hydrogen-bond acceptors (Lipinski definition) is 2. The van der Waals surface area contributed by atoms with Crippen molar-refractivity contribution >= 4 is 29.6 Å². The topological polar surface area (TPSA) is 38.0 Å². The van der Waals surface area contributed by atoms with Crippen LogP contribution in [0.3, 0.4) is 0 Å². The van der Waals surface area contributed by atoms with Crippen molar-refractivity contribution in [2.75, 3.05) is 6.54 Å². The average Bonchev–Trinajstić information content (AvgIpc) is 1.41. The van der Waals surface area contributed by atoms with Gasteiger partial charge < -0.3 is 0 Å². The molecule has 0 aliphatic rings. The first-order valence-electron chi connectivity index (χ1n) is 1.85. The molecule has 0 saturated heterocycles. The Morgan fingerprint density at radius 3 is 2.17 bits per heavy atom. The van der Waals surface area contributed by atoms with Gasteiger partial charge in [-0.15, -0.1) is 0 Å². The van der Waals surface area contributed by atoms with Crippen molar-refractivity contribution < 1.29 is 0 Å². The monoisotopic (exact) mass is 98.1 g/mol. The quantitative estimate of drug-likeness (QED) is 0.270. The molecule has 0 aliphatic heterocycles. The number of rotatable bonds is 2. The zero-order valence-corrected chi connectivity index (χ0v) is 3.49. The molecule has 0 aromatic carbocycles. The van der Waals surface area contributed by atoms with Crippen LogP contribution in [-0.4, -0.2) is 36.1 Å². The molecule has 0 aromatic heterocycles. The van der Waals surface area contributed by atoms with E-state index in [0.29, 0.717) is 0 Å². The van der Waals surface area contributed by atoms with Gasteiger partial charge >= 0.3 is 29.6 Å². The zero-order chi connectivity index (χ0) is 4.12. The molecular weight excluding hydrogens is 87.0 g/mol. The van der Waals surface area contributed by atoms with E-state index in [0.717, 1.165) is 13.0 Å². The Kier molecular flexibility index (Phi) is 15.6. The predicted octanol–water partition coefficient (Wildman–Crippen LogP) is -0.789. The summed E-state index contributed by atoms with van der Waals surface area (Å²) in [5, 5.41) is 0. The van der Waals surface area contributed by atoms with E-state index >= 15 is 0 Å². The van der Waals surface area contributed by atoms with E-state index in [1.54, 1.807) is 0 Å². The van der Waals surface area contributed by atoms with E-state index in [-0.39, 0.29) is 29.6 Å². The summed E-state index contributed by atoms with van der Waals surface area (Å²) in [7, 11) is 0. The van der Waals surface area contributed by atoms with E-state index in [1.165, 1.54) is 0 Å². The molecule has 6 heavy (non-hydrogen) atoms. The van der Waals surface area contributed by atoms with Gasteiger partial charge in [0.25, 0.3) is 0 Å². The molecule has 0 saturated carbocycles. The third kappa shape index (κ3) is 8.87. The van der Waals surface area contributed by atoms with Gasteiger partial charge in [-0.05, 0) is 6.42 Å². The molecule has 0 aromatic rings. The van der Waals surface area contributed by atoms with Gasteiger partial charge in [0.15, 0.2) is 0 Å². The second kappa shape index (κ2) is 9.33. The maximum absolute atomic E-state index is 4.89. The first kappa shape index (κ1) is 10.0. The molecule has 3 N–H and O–H groups in total. The normalized spacial score (nSPS) is 7.00. The molecule has 0 radical (unpaired) electrons. The molecule has 0 aliphatic carbocycles. The van der Waals surface area contributed by atoms with Crippen molar-refractivity contribution in [2.24, 2.45) is 5.84 Å². The van der Waals surface area contributed by atoms with Crippen molar-refractivity contribution in [2.45, 2.75) is 13.3 Å². The maximum atomic E-state index is 4.89. The van der Waals surface area contributed by atoms with Crippen LogP contribution in [0, 0.1) is 0 Å². The average molecular weight is 98.1 g/mol. The third-order valence-electron chi connectivity index (χ3n) is 0.394. The van der Waals surface area contributed by atoms with Crippen molar-refractivity contribution in [1.82, 2.24) is 5.43 Å². The Labute approximate surface area is 60.7 Å². The summed E-state index contributed by atoms with van der Waals surface area (Å²) in [6.07, 6.45) is 1.11. The van der Waals surface area contributed by atoms with Crippen LogP contribution in [0.25, 0.3) is 0 Å². The Morgan fingerprint density at radius 1 is 1.67 bits per heavy atom. The van der Waals surface area contributed by atoms with Crippen molar-refractivity contribution in [3.8, 4) is 0 Å². The summed E-state index contributed by atoms with van der Waals surface area (Å²) in [6.45, 7) is 2.99. The van der Waals surface area contributed by atoms with Crippen LogP contribution in [0.15, 0.2) is 0 Å². The van der Waals surface area contributed by atoms with E-state index < -0.39 is 0 Å². The Bertz CT molecular complexity index is 16.3. The van der Waals surface area contributed by atoms with Crippen molar-refractivity contribution in [3.63, 3.8) is 0 Å². The van der Waals surface area contributed by atoms with E-state index in [2.05, 4.69) is 12.3 Å². The van der Waals surface area contributed by atoms with Crippen LogP contribution in [0.4, 0.5) is 0 Å². The number of nitrogens with one attached hydrogen (secondary N) is 1. The van der Waals surface area contributed by atoms with Gasteiger partial charge in [-0.1, -0.05) is 6.92 Å². The van der Waals surface area contributed by atoms with E-state index in [1.807, 2.05) is 0 Å². The molecule has 0 atom stereocenters. The van der Waals surface area contributed by atoms with Gasteiger partial charge in [0.1, 0.15) is 0 Å². The molecule has 0 spiro atoms. The molecule has 0 fully saturated rings. The first-order chi connectivity index (χ1) is 2.41. The standard InChI is InChI=1S/C3H10N2.Na.H/c1-2-3-5-4;;/h5H,2-4H2,1H3;;. The molecular formula is C3H11N2Na. The molecule has 0 rings (SSSR count). The van der Waals surface area contributed by atoms with Crippen molar-refractivity contribution in [3.05, 3.63) is 0 Å². The molecule has 3 heteroatoms. The molecule has 0 heterocycles. The molecule has 0 unspecified atom stereocenters. The fourth-order valence-electron chi connectivity index (χ4n) is 0.144. The second-order valence-electron chi connectivity index (χ2n) is 0.954. The molecule has 0 bridgehead atoms. The summed E-state index contributed by atoms with van der Waals surface area (Å²) in [6, 6.07) is 0. The predicted molar refractivity (Wildman–Crippen MR) is 29.6 cm³/mol. The van der Waals surface area contributed by atoms with Gasteiger partial charge in [-0.25, -0.2) is 0 Å². The van der Waals surface area contributed by atoms with Crippen LogP contribution >= 0.6 is 0 Å². The summed E-state index contributed by atoms with van der Waals surface area (Å²) in [5.74, 6) is 4.89. The summed E-state index contributed by atoms with van der Waals surface area (Å²) in [5.41, 5.74) is 2.52. The summed E-state index contributed by atoms with van der Waals surface area (Å²) in [4.78, 5) is 0. The van der Waals surface area contributed by atoms with Crippen LogP contribution in [-0.2, 0) is 0 Å². The van der Waals surface area contributed by atoms with Gasteiger partial charge in [0, 0.05) is 6.54 Å². The fraction of sp³-hybridized carbons (Fsp3) is 1.00. The minimum absolute atomic E-state index is 0. The molecule has 0 amide bonds. The first-order valence-corrected chi connectivity index (χ1v) is 1.85. The second-order valence-corrected chi connectivity index (χ2v) is 0.954. The van der Waals surface area contributed by atoms with Crippen LogP contribution < -0.4 is 11.3 Å². The molecule has 2 nitrogen and oxygen atoms in total. The van der Waals surface area contributed by atoms with Crippen LogP contribution in [0.5, 0.6) is 0 Å². The van der Waals surface area contributed by atoms with Gasteiger partial charge in [0.05, 0.1) is 0 Å². The van der Waals surface area contributed by atoms with E-state index in [9.17, 15) is 0 Å². The summed E-state index contributed by atoms with van der Waals surface area (Å²) < 4.78 is 0. The van der Waals surface area contributed by atoms with Gasteiger partial charge in [0.2, 0.25) is 0 Å². The van der Waals surface area contributed by atoms with Gasteiger partial charge in [-0.3, -0.25) is 11.3 Å². The van der Waals surface area contributed by atoms with E-state index in [4.69, 9.17) is 5.84 Å². The number of hydrazine groups is 1. The third-order valence-corrected chi connectivity index (χ3v) is 0.394. The SMILES string of the molecule is CCCNN.[NaH]. The molecule has 34 valence electrons. The number of hydrogen-bond donors (Lipinski definition) is 2.